The zero-order chi connectivity index (χ0) is 40.0. The molecule has 1 aliphatic carbocycles. The molecule has 0 aromatic carbocycles. The molecule has 2 N–H and O–H groups in total. The number of hydrogen-bond acceptors (Lipinski definition) is 18. The van der Waals surface area contributed by atoms with E-state index in [1.165, 1.54) is 69.8 Å². The topological polar surface area (TPSA) is 235 Å². The number of rotatable bonds is 11. The molecular weight excluding hydrogens is 732 g/mol. The lowest BCUT2D eigenvalue weighted by atomic mass is 9.87. The van der Waals surface area contributed by atoms with Crippen LogP contribution >= 0.6 is 0 Å². The molecular formula is C37H38O18. The maximum atomic E-state index is 12.8. The molecule has 0 bridgehead atoms. The van der Waals surface area contributed by atoms with Crippen molar-refractivity contribution in [3.05, 3.63) is 94.9 Å². The second-order valence-corrected chi connectivity index (χ2v) is 12.7. The minimum Gasteiger partial charge on any atom is -0.480 e. The van der Waals surface area contributed by atoms with E-state index in [0.717, 1.165) is 12.2 Å². The first-order valence-corrected chi connectivity index (χ1v) is 16.8. The molecule has 18 nitrogen and oxygen atoms in total. The van der Waals surface area contributed by atoms with Gasteiger partial charge in [0.2, 0.25) is 0 Å². The highest BCUT2D eigenvalue weighted by Gasteiger charge is 2.57. The molecule has 2 spiro atoms. The van der Waals surface area contributed by atoms with E-state index in [4.69, 9.17) is 47.4 Å². The molecule has 0 aromatic heterocycles. The number of esters is 6. The van der Waals surface area contributed by atoms with Crippen LogP contribution in [0.15, 0.2) is 94.9 Å². The molecule has 5 aliphatic rings. The van der Waals surface area contributed by atoms with E-state index in [2.05, 4.69) is 0 Å². The van der Waals surface area contributed by atoms with Crippen LogP contribution in [0.4, 0.5) is 0 Å². The van der Waals surface area contributed by atoms with Crippen LogP contribution in [-0.4, -0.2) is 96.6 Å². The quantitative estimate of drug-likeness (QED) is 0.101. The van der Waals surface area contributed by atoms with Crippen molar-refractivity contribution in [1.29, 1.82) is 0 Å². The smallest absolute Gasteiger partial charge is 0.348 e. The van der Waals surface area contributed by atoms with Gasteiger partial charge >= 0.3 is 35.8 Å². The minimum absolute atomic E-state index is 0.0970. The van der Waals surface area contributed by atoms with Crippen LogP contribution in [-0.2, 0) is 76.1 Å². The van der Waals surface area contributed by atoms with Crippen molar-refractivity contribution in [2.75, 3.05) is 27.4 Å². The summed E-state index contributed by atoms with van der Waals surface area (Å²) in [5.41, 5.74) is -1.39. The zero-order valence-electron chi connectivity index (χ0n) is 30.1. The van der Waals surface area contributed by atoms with Crippen LogP contribution in [0.1, 0.15) is 46.0 Å². The highest BCUT2D eigenvalue weighted by Crippen LogP contribution is 2.45. The lowest BCUT2D eigenvalue weighted by molar-refractivity contribution is -0.291. The molecule has 1 saturated carbocycles. The third kappa shape index (κ3) is 8.81. The van der Waals surface area contributed by atoms with Crippen molar-refractivity contribution in [3.8, 4) is 0 Å². The molecule has 4 heterocycles. The van der Waals surface area contributed by atoms with Gasteiger partial charge in [-0.25, -0.2) is 28.8 Å². The summed E-state index contributed by atoms with van der Waals surface area (Å²) < 4.78 is 52.9. The molecule has 294 valence electrons. The van der Waals surface area contributed by atoms with E-state index < -0.39 is 82.0 Å². The zero-order valence-corrected chi connectivity index (χ0v) is 30.1. The fraction of sp³-hybridized carbons (Fsp3) is 0.405. The lowest BCUT2D eigenvalue weighted by Crippen LogP contribution is -2.56. The van der Waals surface area contributed by atoms with Crippen LogP contribution in [0.2, 0.25) is 0 Å². The molecule has 18 heteroatoms. The Morgan fingerprint density at radius 1 is 0.545 bits per heavy atom. The second-order valence-electron chi connectivity index (χ2n) is 12.7. The van der Waals surface area contributed by atoms with Gasteiger partial charge in [-0.2, -0.15) is 0 Å². The van der Waals surface area contributed by atoms with Gasteiger partial charge in [0.1, 0.15) is 35.5 Å². The van der Waals surface area contributed by atoms with E-state index >= 15 is 0 Å². The van der Waals surface area contributed by atoms with Gasteiger partial charge in [0.15, 0.2) is 0 Å². The predicted molar refractivity (Wildman–Crippen MR) is 180 cm³/mol. The summed E-state index contributed by atoms with van der Waals surface area (Å²) in [6, 6.07) is 0. The molecule has 0 radical (unpaired) electrons. The number of hydrogen-bond donors (Lipinski definition) is 2. The summed E-state index contributed by atoms with van der Waals surface area (Å²) in [4.78, 5) is 76.0. The summed E-state index contributed by atoms with van der Waals surface area (Å²) in [5.74, 6) is -13.3. The fourth-order valence-corrected chi connectivity index (χ4v) is 5.84. The Hall–Kier alpha value is -6.14. The van der Waals surface area contributed by atoms with Crippen LogP contribution in [0.25, 0.3) is 0 Å². The van der Waals surface area contributed by atoms with Gasteiger partial charge in [0.05, 0.1) is 0 Å². The number of methoxy groups -OCH3 is 2. The Morgan fingerprint density at radius 2 is 0.964 bits per heavy atom. The highest BCUT2D eigenvalue weighted by atomic mass is 16.8. The van der Waals surface area contributed by atoms with E-state index in [-0.39, 0.29) is 56.5 Å². The molecule has 2 saturated heterocycles. The Bertz CT molecular complexity index is 1840. The number of carbonyl (C=O) groups is 6. The van der Waals surface area contributed by atoms with Crippen molar-refractivity contribution in [2.24, 2.45) is 0 Å². The van der Waals surface area contributed by atoms with E-state index in [0.29, 0.717) is 0 Å². The maximum Gasteiger partial charge on any atom is 0.348 e. The number of carbonyl (C=O) groups excluding carboxylic acids is 6. The third-order valence-electron chi connectivity index (χ3n) is 8.66. The van der Waals surface area contributed by atoms with Crippen LogP contribution < -0.4 is 0 Å². The summed E-state index contributed by atoms with van der Waals surface area (Å²) in [5, 5.41) is 20.3. The van der Waals surface area contributed by atoms with Gasteiger partial charge in [0.25, 0.3) is 35.0 Å². The normalized spacial score (nSPS) is 30.1. The predicted octanol–water partition coefficient (Wildman–Crippen LogP) is 3.03. The molecule has 4 aliphatic heterocycles. The Kier molecular flexibility index (Phi) is 11.7. The molecule has 2 unspecified atom stereocenters. The summed E-state index contributed by atoms with van der Waals surface area (Å²) in [6.45, 7) is 2.88. The lowest BCUT2D eigenvalue weighted by Gasteiger charge is -2.45. The van der Waals surface area contributed by atoms with Crippen LogP contribution in [0.3, 0.4) is 0 Å². The highest BCUT2D eigenvalue weighted by molar-refractivity contribution is 6.16. The van der Waals surface area contributed by atoms with Gasteiger partial charge in [-0.15, -0.1) is 0 Å². The molecule has 5 rings (SSSR count). The van der Waals surface area contributed by atoms with Gasteiger partial charge in [0, 0.05) is 53.2 Å². The van der Waals surface area contributed by atoms with Gasteiger partial charge in [-0.3, -0.25) is 0 Å². The van der Waals surface area contributed by atoms with E-state index in [1.807, 2.05) is 0 Å². The minimum atomic E-state index is -1.69. The molecule has 2 atom stereocenters. The van der Waals surface area contributed by atoms with Crippen molar-refractivity contribution >= 4 is 35.8 Å². The van der Waals surface area contributed by atoms with Gasteiger partial charge in [-0.05, 0) is 24.3 Å². The van der Waals surface area contributed by atoms with E-state index in [1.54, 1.807) is 6.92 Å². The Balaban J connectivity index is 1.14. The first-order chi connectivity index (χ1) is 26.1. The Labute approximate surface area is 313 Å². The monoisotopic (exact) mass is 770 g/mol. The van der Waals surface area contributed by atoms with Crippen LogP contribution in [0, 0.1) is 0 Å². The number of cyclic esters (lactones) is 2. The summed E-state index contributed by atoms with van der Waals surface area (Å²) in [6.07, 6.45) is 12.3. The number of aliphatic hydroxyl groups excluding tert-OH is 2. The Morgan fingerprint density at radius 3 is 1.35 bits per heavy atom. The standard InChI is InChI=1S/C37H38O18/c1-5-35(21-47-4)50-28(40)23(29(41)51-35)13-9-7-11-15-25-32(44)54-37(55-33(25)45)18-16-36(17-19-37)52-30(42)24(31(43)53-36)14-10-6-8-12-22-26(38)48-34(2,20-46-3)49-27(22)39/h6-15,38,40H,5,16-21H2,1-4H3/b10-6+,11-7+,12-8+,13-9+,24-14?,25-15?. The van der Waals surface area contributed by atoms with Crippen molar-refractivity contribution in [3.63, 3.8) is 0 Å². The maximum absolute atomic E-state index is 12.8. The van der Waals surface area contributed by atoms with Crippen molar-refractivity contribution in [1.82, 2.24) is 0 Å². The SMILES string of the molecule is CCC1(COC)OC(=O)C(/C=C/C=C/C=C2C(=O)OC3(CCC4(CC3)OC(=O)C(=C/C=C/C=C/C3=C(O)OC(C)(COC)OC3=O)C(=O)O4)OC2=O)=C(O)O1. The van der Waals surface area contributed by atoms with Gasteiger partial charge in [-0.1, -0.05) is 43.4 Å². The van der Waals surface area contributed by atoms with Crippen molar-refractivity contribution in [2.45, 2.75) is 69.1 Å². The van der Waals surface area contributed by atoms with E-state index in [9.17, 15) is 39.0 Å². The number of aliphatic hydroxyl groups is 2. The number of allylic oxidation sites excluding steroid dienone is 8. The second kappa shape index (κ2) is 16.1. The molecule has 0 aromatic rings. The number of ether oxygens (including phenoxy) is 10. The average Bonchev–Trinajstić information content (AvgIpc) is 3.10. The fourth-order valence-electron chi connectivity index (χ4n) is 5.84. The largest absolute Gasteiger partial charge is 0.480 e. The first-order valence-electron chi connectivity index (χ1n) is 16.8. The average molecular weight is 771 g/mol. The molecule has 3 fully saturated rings. The van der Waals surface area contributed by atoms with Crippen molar-refractivity contribution < 1.29 is 86.3 Å². The summed E-state index contributed by atoms with van der Waals surface area (Å²) in [7, 11) is 2.76. The molecule has 55 heavy (non-hydrogen) atoms. The molecule has 0 amide bonds. The first kappa shape index (κ1) is 40.1. The summed E-state index contributed by atoms with van der Waals surface area (Å²) >= 11 is 0. The van der Waals surface area contributed by atoms with Crippen LogP contribution in [0.5, 0.6) is 0 Å². The van der Waals surface area contributed by atoms with Gasteiger partial charge < -0.3 is 57.6 Å². The third-order valence-corrected chi connectivity index (χ3v) is 8.66.